The first-order chi connectivity index (χ1) is 9.41. The highest BCUT2D eigenvalue weighted by Crippen LogP contribution is 2.30. The first-order valence-corrected chi connectivity index (χ1v) is 8.03. The first-order valence-electron chi connectivity index (χ1n) is 7.22. The van der Waals surface area contributed by atoms with E-state index in [2.05, 4.69) is 69.2 Å². The normalized spacial score (nSPS) is 13.4. The molecule has 2 nitrogen and oxygen atoms in total. The fraction of sp³-hybridized carbons (Fsp3) is 0.471. The van der Waals surface area contributed by atoms with Crippen LogP contribution in [0.15, 0.2) is 30.5 Å². The number of benzene rings is 1. The third-order valence-corrected chi connectivity index (χ3v) is 4.69. The van der Waals surface area contributed by atoms with Crippen molar-refractivity contribution in [2.75, 3.05) is 6.54 Å². The van der Waals surface area contributed by atoms with Crippen LogP contribution >= 0.6 is 11.3 Å². The maximum atomic E-state index is 4.56. The molecule has 0 spiro atoms. The summed E-state index contributed by atoms with van der Waals surface area (Å²) >= 11 is 1.77. The Balaban J connectivity index is 2.20. The topological polar surface area (TPSA) is 24.9 Å². The minimum absolute atomic E-state index is 0.201. The van der Waals surface area contributed by atoms with Gasteiger partial charge >= 0.3 is 0 Å². The lowest BCUT2D eigenvalue weighted by molar-refractivity contribution is 0.590. The number of nitrogens with zero attached hydrogens (tertiary/aromatic N) is 1. The van der Waals surface area contributed by atoms with Crippen molar-refractivity contribution < 1.29 is 0 Å². The highest BCUT2D eigenvalue weighted by atomic mass is 32.1. The molecule has 1 unspecified atom stereocenters. The highest BCUT2D eigenvalue weighted by Gasteiger charge is 2.14. The second-order valence-corrected chi connectivity index (χ2v) is 7.24. The van der Waals surface area contributed by atoms with Gasteiger partial charge in [-0.3, -0.25) is 0 Å². The third kappa shape index (κ3) is 3.47. The quantitative estimate of drug-likeness (QED) is 0.876. The van der Waals surface area contributed by atoms with Crippen molar-refractivity contribution in [3.05, 3.63) is 40.9 Å². The smallest absolute Gasteiger partial charge is 0.123 e. The van der Waals surface area contributed by atoms with Gasteiger partial charge in [0.1, 0.15) is 5.01 Å². The molecule has 108 valence electrons. The van der Waals surface area contributed by atoms with Crippen molar-refractivity contribution in [2.24, 2.45) is 0 Å². The highest BCUT2D eigenvalue weighted by molar-refractivity contribution is 7.15. The molecule has 0 amide bonds. The Labute approximate surface area is 126 Å². The van der Waals surface area contributed by atoms with Gasteiger partial charge in [0, 0.05) is 22.7 Å². The van der Waals surface area contributed by atoms with E-state index in [1.165, 1.54) is 16.0 Å². The lowest BCUT2D eigenvalue weighted by Crippen LogP contribution is -2.16. The van der Waals surface area contributed by atoms with Gasteiger partial charge in [-0.2, -0.15) is 0 Å². The molecule has 0 fully saturated rings. The second-order valence-electron chi connectivity index (χ2n) is 6.17. The summed E-state index contributed by atoms with van der Waals surface area (Å²) in [6.45, 7) is 12.0. The molecule has 0 aliphatic rings. The summed E-state index contributed by atoms with van der Waals surface area (Å²) in [5, 5.41) is 4.53. The molecule has 1 N–H and O–H groups in total. The van der Waals surface area contributed by atoms with Crippen molar-refractivity contribution in [1.82, 2.24) is 10.3 Å². The van der Waals surface area contributed by atoms with Crippen molar-refractivity contribution >= 4 is 11.3 Å². The molecule has 2 aromatic rings. The number of hydrogen-bond donors (Lipinski definition) is 1. The van der Waals surface area contributed by atoms with Gasteiger partial charge in [-0.25, -0.2) is 4.98 Å². The number of thiazole rings is 1. The Bertz CT molecular complexity index is 549. The molecule has 0 saturated carbocycles. The summed E-state index contributed by atoms with van der Waals surface area (Å²) in [6, 6.07) is 9.16. The van der Waals surface area contributed by atoms with E-state index in [0.29, 0.717) is 6.04 Å². The second kappa shape index (κ2) is 6.06. The molecule has 2 rings (SSSR count). The molecule has 0 aliphatic carbocycles. The van der Waals surface area contributed by atoms with Gasteiger partial charge in [0.2, 0.25) is 0 Å². The average Bonchev–Trinajstić information content (AvgIpc) is 2.88. The number of rotatable bonds is 4. The van der Waals surface area contributed by atoms with Crippen LogP contribution in [0.5, 0.6) is 0 Å². The van der Waals surface area contributed by atoms with Crippen LogP contribution in [0, 0.1) is 0 Å². The lowest BCUT2D eigenvalue weighted by Gasteiger charge is -2.18. The van der Waals surface area contributed by atoms with Crippen LogP contribution in [0.1, 0.15) is 51.1 Å². The van der Waals surface area contributed by atoms with Crippen molar-refractivity contribution in [2.45, 2.75) is 46.1 Å². The van der Waals surface area contributed by atoms with Crippen molar-refractivity contribution in [3.8, 4) is 10.6 Å². The van der Waals surface area contributed by atoms with Crippen molar-refractivity contribution in [1.29, 1.82) is 0 Å². The van der Waals surface area contributed by atoms with Crippen LogP contribution < -0.4 is 5.32 Å². The summed E-state index contributed by atoms with van der Waals surface area (Å²) in [5.41, 5.74) is 2.77. The average molecular weight is 288 g/mol. The van der Waals surface area contributed by atoms with E-state index in [1.807, 2.05) is 6.20 Å². The Morgan fingerprint density at radius 2 is 1.85 bits per heavy atom. The van der Waals surface area contributed by atoms with E-state index in [0.717, 1.165) is 11.6 Å². The minimum atomic E-state index is 0.201. The van der Waals surface area contributed by atoms with Crippen LogP contribution in [0.3, 0.4) is 0 Å². The van der Waals surface area contributed by atoms with Gasteiger partial charge in [0.05, 0.1) is 0 Å². The molecule has 0 aliphatic heterocycles. The Hall–Kier alpha value is -1.19. The van der Waals surface area contributed by atoms with Gasteiger partial charge in [0.15, 0.2) is 0 Å². The third-order valence-electron chi connectivity index (χ3n) is 3.46. The molecule has 3 heteroatoms. The summed E-state index contributed by atoms with van der Waals surface area (Å²) in [4.78, 5) is 5.85. The monoisotopic (exact) mass is 288 g/mol. The molecule has 1 heterocycles. The summed E-state index contributed by atoms with van der Waals surface area (Å²) in [7, 11) is 0. The van der Waals surface area contributed by atoms with Crippen LogP contribution in [0.4, 0.5) is 0 Å². The fourth-order valence-electron chi connectivity index (χ4n) is 2.14. The minimum Gasteiger partial charge on any atom is -0.310 e. The standard InChI is InChI=1S/C17H24N2S/c1-6-18-12(2)15-11-19-16(20-15)13-7-9-14(10-8-13)17(3,4)5/h7-12,18H,6H2,1-5H3. The molecule has 1 aromatic heterocycles. The maximum Gasteiger partial charge on any atom is 0.123 e. The van der Waals surface area contributed by atoms with E-state index < -0.39 is 0 Å². The van der Waals surface area contributed by atoms with Gasteiger partial charge in [0.25, 0.3) is 0 Å². The van der Waals surface area contributed by atoms with Gasteiger partial charge in [-0.05, 0) is 24.4 Å². The lowest BCUT2D eigenvalue weighted by atomic mass is 9.87. The molecular weight excluding hydrogens is 264 g/mol. The van der Waals surface area contributed by atoms with Crippen molar-refractivity contribution in [3.63, 3.8) is 0 Å². The molecule has 0 saturated heterocycles. The Kier molecular flexibility index (Phi) is 4.61. The molecule has 0 radical (unpaired) electrons. The number of nitrogens with one attached hydrogen (secondary N) is 1. The first kappa shape index (κ1) is 15.2. The summed E-state index contributed by atoms with van der Waals surface area (Å²) < 4.78 is 0. The summed E-state index contributed by atoms with van der Waals surface area (Å²) in [5.74, 6) is 0. The Morgan fingerprint density at radius 3 is 2.40 bits per heavy atom. The zero-order chi connectivity index (χ0) is 14.8. The molecule has 1 atom stereocenters. The van der Waals surface area contributed by atoms with E-state index in [-0.39, 0.29) is 5.41 Å². The van der Waals surface area contributed by atoms with E-state index in [1.54, 1.807) is 11.3 Å². The zero-order valence-electron chi connectivity index (χ0n) is 13.0. The molecule has 1 aromatic carbocycles. The molecular formula is C17H24N2S. The number of aromatic nitrogens is 1. The Morgan fingerprint density at radius 1 is 1.20 bits per heavy atom. The molecule has 0 bridgehead atoms. The summed E-state index contributed by atoms with van der Waals surface area (Å²) in [6.07, 6.45) is 1.99. The van der Waals surface area contributed by atoms with Crippen LogP contribution in [0.2, 0.25) is 0 Å². The van der Waals surface area contributed by atoms with Crippen LogP contribution in [-0.2, 0) is 5.41 Å². The van der Waals surface area contributed by atoms with Crippen LogP contribution in [-0.4, -0.2) is 11.5 Å². The number of hydrogen-bond acceptors (Lipinski definition) is 3. The molecule has 20 heavy (non-hydrogen) atoms. The maximum absolute atomic E-state index is 4.56. The zero-order valence-corrected chi connectivity index (χ0v) is 13.8. The SMILES string of the molecule is CCNC(C)c1cnc(-c2ccc(C(C)(C)C)cc2)s1. The van der Waals surface area contributed by atoms with Gasteiger partial charge < -0.3 is 5.32 Å². The van der Waals surface area contributed by atoms with Gasteiger partial charge in [-0.15, -0.1) is 11.3 Å². The van der Waals surface area contributed by atoms with Gasteiger partial charge in [-0.1, -0.05) is 52.0 Å². The largest absolute Gasteiger partial charge is 0.310 e. The van der Waals surface area contributed by atoms with E-state index >= 15 is 0 Å². The van der Waals surface area contributed by atoms with E-state index in [4.69, 9.17) is 0 Å². The van der Waals surface area contributed by atoms with Crippen LogP contribution in [0.25, 0.3) is 10.6 Å². The predicted octanol–water partition coefficient (Wildman–Crippen LogP) is 4.78. The predicted molar refractivity (Wildman–Crippen MR) is 88.3 cm³/mol. The van der Waals surface area contributed by atoms with E-state index in [9.17, 15) is 0 Å². The fourth-order valence-corrected chi connectivity index (χ4v) is 3.09.